The first kappa shape index (κ1) is 12.0. The predicted octanol–water partition coefficient (Wildman–Crippen LogP) is 3.53. The van der Waals surface area contributed by atoms with Crippen LogP contribution < -0.4 is 4.74 Å². The standard InChI is InChI=1S/C16H25NO/c1-12-10-17(16(2,3)4)11-15(12)13-6-8-14(18-5)9-7-13/h6-9,12,15H,10-11H2,1-5H3/t12-,15-/m1/s1/i10D/t10?,12-,15-. The lowest BCUT2D eigenvalue weighted by Crippen LogP contribution is -2.39. The van der Waals surface area contributed by atoms with Gasteiger partial charge in [0.1, 0.15) is 5.75 Å². The molecule has 0 spiro atoms. The fourth-order valence-corrected chi connectivity index (χ4v) is 2.58. The van der Waals surface area contributed by atoms with Crippen molar-refractivity contribution in [1.82, 2.24) is 4.90 Å². The number of ether oxygens (including phenoxy) is 1. The van der Waals surface area contributed by atoms with Gasteiger partial charge in [-0.2, -0.15) is 0 Å². The topological polar surface area (TPSA) is 12.5 Å². The van der Waals surface area contributed by atoms with Crippen molar-refractivity contribution in [2.75, 3.05) is 20.2 Å². The van der Waals surface area contributed by atoms with Crippen molar-refractivity contribution in [1.29, 1.82) is 0 Å². The lowest BCUT2D eigenvalue weighted by molar-refractivity contribution is 0.168. The van der Waals surface area contributed by atoms with E-state index in [1.807, 2.05) is 12.1 Å². The molecule has 100 valence electrons. The van der Waals surface area contributed by atoms with Gasteiger partial charge < -0.3 is 4.74 Å². The molecule has 0 bridgehead atoms. The SMILES string of the molecule is [2H]C1[C@@H](C)[C@H](c2ccc(OC)cc2)CN1C(C)(C)C. The van der Waals surface area contributed by atoms with Crippen LogP contribution in [0.2, 0.25) is 0 Å². The average Bonchev–Trinajstić information content (AvgIpc) is 2.66. The second-order valence-electron chi connectivity index (χ2n) is 6.21. The number of rotatable bonds is 2. The van der Waals surface area contributed by atoms with E-state index in [2.05, 4.69) is 44.7 Å². The first-order valence-electron chi connectivity index (χ1n) is 7.25. The van der Waals surface area contributed by atoms with Crippen LogP contribution in [0, 0.1) is 5.92 Å². The molecule has 2 heteroatoms. The van der Waals surface area contributed by atoms with Crippen molar-refractivity contribution < 1.29 is 6.11 Å². The van der Waals surface area contributed by atoms with E-state index in [1.54, 1.807) is 7.11 Å². The highest BCUT2D eigenvalue weighted by atomic mass is 16.5. The highest BCUT2D eigenvalue weighted by Gasteiger charge is 2.35. The van der Waals surface area contributed by atoms with Crippen molar-refractivity contribution in [2.24, 2.45) is 5.92 Å². The van der Waals surface area contributed by atoms with E-state index in [-0.39, 0.29) is 12.1 Å². The molecular weight excluding hydrogens is 222 g/mol. The summed E-state index contributed by atoms with van der Waals surface area (Å²) < 4.78 is 13.6. The Kier molecular flexibility index (Phi) is 3.29. The molecule has 1 aliphatic rings. The van der Waals surface area contributed by atoms with Crippen LogP contribution in [0.3, 0.4) is 0 Å². The van der Waals surface area contributed by atoms with Gasteiger partial charge in [0.15, 0.2) is 0 Å². The Morgan fingerprint density at radius 1 is 1.28 bits per heavy atom. The summed E-state index contributed by atoms with van der Waals surface area (Å²) >= 11 is 0. The summed E-state index contributed by atoms with van der Waals surface area (Å²) in [6, 6.07) is 8.30. The number of methoxy groups -OCH3 is 1. The van der Waals surface area contributed by atoms with E-state index in [0.29, 0.717) is 11.8 Å². The quantitative estimate of drug-likeness (QED) is 0.794. The molecule has 1 heterocycles. The molecule has 3 atom stereocenters. The molecule has 1 aliphatic heterocycles. The van der Waals surface area contributed by atoms with Crippen LogP contribution in [0.25, 0.3) is 0 Å². The summed E-state index contributed by atoms with van der Waals surface area (Å²) in [7, 11) is 1.69. The van der Waals surface area contributed by atoms with Crippen molar-refractivity contribution in [3.05, 3.63) is 29.8 Å². The Morgan fingerprint density at radius 2 is 1.89 bits per heavy atom. The zero-order valence-corrected chi connectivity index (χ0v) is 12.1. The molecule has 0 N–H and O–H groups in total. The first-order chi connectivity index (χ1) is 8.84. The summed E-state index contributed by atoms with van der Waals surface area (Å²) in [5.41, 5.74) is 1.37. The van der Waals surface area contributed by atoms with Gasteiger partial charge in [-0.1, -0.05) is 19.1 Å². The molecule has 1 unspecified atom stereocenters. The highest BCUT2D eigenvalue weighted by molar-refractivity contribution is 5.30. The Labute approximate surface area is 112 Å². The van der Waals surface area contributed by atoms with Crippen LogP contribution in [0.1, 0.15) is 40.5 Å². The van der Waals surface area contributed by atoms with Gasteiger partial charge in [-0.3, -0.25) is 4.90 Å². The summed E-state index contributed by atoms with van der Waals surface area (Å²) in [6.07, 6.45) is 0. The Balaban J connectivity index is 2.21. The zero-order chi connectivity index (χ0) is 14.2. The fourth-order valence-electron chi connectivity index (χ4n) is 2.58. The van der Waals surface area contributed by atoms with E-state index in [1.165, 1.54) is 5.56 Å². The maximum Gasteiger partial charge on any atom is 0.118 e. The molecule has 1 aromatic carbocycles. The van der Waals surface area contributed by atoms with Gasteiger partial charge in [-0.15, -0.1) is 0 Å². The number of hydrogen-bond donors (Lipinski definition) is 0. The molecule has 2 rings (SSSR count). The van der Waals surface area contributed by atoms with Gasteiger partial charge in [-0.25, -0.2) is 0 Å². The zero-order valence-electron chi connectivity index (χ0n) is 13.1. The van der Waals surface area contributed by atoms with Crippen LogP contribution in [-0.4, -0.2) is 30.6 Å². The third-order valence-electron chi connectivity index (χ3n) is 3.85. The smallest absolute Gasteiger partial charge is 0.118 e. The van der Waals surface area contributed by atoms with Crippen molar-refractivity contribution in [3.63, 3.8) is 0 Å². The normalized spacial score (nSPS) is 30.3. The van der Waals surface area contributed by atoms with Crippen molar-refractivity contribution >= 4 is 0 Å². The number of nitrogens with zero attached hydrogens (tertiary/aromatic N) is 1. The molecule has 0 amide bonds. The number of hydrogen-bond acceptors (Lipinski definition) is 2. The lowest BCUT2D eigenvalue weighted by Gasteiger charge is -2.31. The molecule has 1 fully saturated rings. The minimum atomic E-state index is -0.118. The molecule has 0 aromatic heterocycles. The molecule has 1 saturated heterocycles. The third kappa shape index (κ3) is 2.69. The summed E-state index contributed by atoms with van der Waals surface area (Å²) in [4.78, 5) is 2.30. The molecular formula is C16H25NO. The van der Waals surface area contributed by atoms with Gasteiger partial charge in [0, 0.05) is 25.9 Å². The largest absolute Gasteiger partial charge is 0.497 e. The van der Waals surface area contributed by atoms with E-state index in [9.17, 15) is 0 Å². The minimum Gasteiger partial charge on any atom is -0.497 e. The summed E-state index contributed by atoms with van der Waals surface area (Å²) in [5.74, 6) is 1.68. The maximum atomic E-state index is 8.41. The van der Waals surface area contributed by atoms with Crippen LogP contribution in [-0.2, 0) is 0 Å². The van der Waals surface area contributed by atoms with Crippen molar-refractivity contribution in [3.8, 4) is 5.75 Å². The monoisotopic (exact) mass is 248 g/mol. The van der Waals surface area contributed by atoms with Crippen LogP contribution in [0.4, 0.5) is 0 Å². The molecule has 18 heavy (non-hydrogen) atoms. The van der Waals surface area contributed by atoms with Gasteiger partial charge in [-0.05, 0) is 44.4 Å². The summed E-state index contributed by atoms with van der Waals surface area (Å²) in [6.45, 7) is 9.61. The highest BCUT2D eigenvalue weighted by Crippen LogP contribution is 2.36. The molecule has 2 nitrogen and oxygen atoms in total. The minimum absolute atomic E-state index is 0.0574. The van der Waals surface area contributed by atoms with E-state index < -0.39 is 0 Å². The lowest BCUT2D eigenvalue weighted by atomic mass is 9.90. The van der Waals surface area contributed by atoms with E-state index in [4.69, 9.17) is 6.11 Å². The van der Waals surface area contributed by atoms with Gasteiger partial charge in [0.05, 0.1) is 7.11 Å². The molecule has 0 radical (unpaired) electrons. The van der Waals surface area contributed by atoms with E-state index >= 15 is 0 Å². The van der Waals surface area contributed by atoms with Crippen LogP contribution in [0.5, 0.6) is 5.75 Å². The van der Waals surface area contributed by atoms with E-state index in [0.717, 1.165) is 12.3 Å². The number of likely N-dealkylation sites (tertiary alicyclic amines) is 1. The van der Waals surface area contributed by atoms with Gasteiger partial charge in [0.25, 0.3) is 0 Å². The first-order valence-corrected chi connectivity index (χ1v) is 6.67. The predicted molar refractivity (Wildman–Crippen MR) is 76.2 cm³/mol. The molecule has 0 saturated carbocycles. The number of benzene rings is 1. The Morgan fingerprint density at radius 3 is 2.33 bits per heavy atom. The molecule has 0 aliphatic carbocycles. The van der Waals surface area contributed by atoms with Gasteiger partial charge in [0.2, 0.25) is 0 Å². The summed E-state index contributed by atoms with van der Waals surface area (Å²) in [5, 5.41) is 0. The molecule has 1 aromatic rings. The van der Waals surface area contributed by atoms with Gasteiger partial charge >= 0.3 is 0 Å². The second-order valence-corrected chi connectivity index (χ2v) is 6.21. The maximum absolute atomic E-state index is 8.41. The average molecular weight is 248 g/mol. The van der Waals surface area contributed by atoms with Crippen molar-refractivity contribution in [2.45, 2.75) is 39.2 Å². The van der Waals surface area contributed by atoms with Crippen LogP contribution >= 0.6 is 0 Å². The fraction of sp³-hybridized carbons (Fsp3) is 0.625. The van der Waals surface area contributed by atoms with Crippen LogP contribution in [0.15, 0.2) is 24.3 Å². The Hall–Kier alpha value is -1.02. The second kappa shape index (κ2) is 4.93. The third-order valence-corrected chi connectivity index (χ3v) is 3.85. The Bertz CT molecular complexity index is 423.